The summed E-state index contributed by atoms with van der Waals surface area (Å²) in [5.74, 6) is -4.17. The van der Waals surface area contributed by atoms with Crippen LogP contribution in [0.25, 0.3) is 11.1 Å². The first-order valence-corrected chi connectivity index (χ1v) is 12.8. The first-order chi connectivity index (χ1) is 18.1. The van der Waals surface area contributed by atoms with Gasteiger partial charge in [0, 0.05) is 29.2 Å². The molecule has 0 saturated carbocycles. The van der Waals surface area contributed by atoms with Crippen molar-refractivity contribution in [2.24, 2.45) is 10.8 Å². The van der Waals surface area contributed by atoms with Crippen LogP contribution in [0.1, 0.15) is 62.0 Å². The zero-order chi connectivity index (χ0) is 28.7. The van der Waals surface area contributed by atoms with E-state index in [9.17, 15) is 39.6 Å². The molecule has 3 aliphatic carbocycles. The van der Waals surface area contributed by atoms with Gasteiger partial charge >= 0.3 is 0 Å². The molecule has 0 aliphatic heterocycles. The van der Waals surface area contributed by atoms with Crippen molar-refractivity contribution in [2.45, 2.75) is 59.0 Å². The zero-order valence-electron chi connectivity index (χ0n) is 22.2. The van der Waals surface area contributed by atoms with Gasteiger partial charge in [0.1, 0.15) is 28.6 Å². The van der Waals surface area contributed by atoms with Gasteiger partial charge in [-0.1, -0.05) is 44.2 Å². The molecule has 0 unspecified atom stereocenters. The molecule has 4 N–H and O–H groups in total. The Morgan fingerprint density at radius 3 is 2.15 bits per heavy atom. The Bertz CT molecular complexity index is 1560. The van der Waals surface area contributed by atoms with Crippen LogP contribution in [0, 0.1) is 10.8 Å². The van der Waals surface area contributed by atoms with Crippen LogP contribution in [-0.2, 0) is 27.2 Å². The number of aromatic hydroxyl groups is 1. The molecule has 0 saturated heterocycles. The molecule has 0 heterocycles. The van der Waals surface area contributed by atoms with Gasteiger partial charge in [-0.2, -0.15) is 0 Å². The van der Waals surface area contributed by atoms with Crippen LogP contribution in [0.2, 0.25) is 0 Å². The number of carbonyl (C=O) groups is 4. The molecule has 2 aromatic rings. The SMILES string of the molecule is CC(=O)Cc1ccc(-c2ccc(O)c3c2C[C@]2(C)C[C@]4(C)CC(O)=C(C(C)=O)C(=O)[C@]4(O)C(O)=C2C3=O)cc1. The summed E-state index contributed by atoms with van der Waals surface area (Å²) in [7, 11) is 0. The van der Waals surface area contributed by atoms with Crippen molar-refractivity contribution in [3.05, 3.63) is 75.8 Å². The van der Waals surface area contributed by atoms with Gasteiger partial charge < -0.3 is 20.4 Å². The summed E-state index contributed by atoms with van der Waals surface area (Å²) in [5, 5.41) is 44.6. The molecule has 0 radical (unpaired) electrons. The molecule has 2 aromatic carbocycles. The van der Waals surface area contributed by atoms with Crippen LogP contribution in [0.5, 0.6) is 5.75 Å². The number of phenolic OH excluding ortho intramolecular Hbond substituents is 1. The van der Waals surface area contributed by atoms with E-state index in [1.54, 1.807) is 19.9 Å². The predicted molar refractivity (Wildman–Crippen MR) is 141 cm³/mol. The Morgan fingerprint density at radius 1 is 0.923 bits per heavy atom. The number of aliphatic hydroxyl groups excluding tert-OH is 2. The first kappa shape index (κ1) is 26.6. The van der Waals surface area contributed by atoms with Gasteiger partial charge in [-0.3, -0.25) is 19.2 Å². The molecule has 0 amide bonds. The molecule has 3 atom stereocenters. The lowest BCUT2D eigenvalue weighted by atomic mass is 9.48. The minimum Gasteiger partial charge on any atom is -0.511 e. The number of allylic oxidation sites excluding steroid dienone is 2. The molecular weight excluding hydrogens is 500 g/mol. The van der Waals surface area contributed by atoms with Crippen LogP contribution < -0.4 is 0 Å². The average molecular weight is 531 g/mol. The number of hydrogen-bond acceptors (Lipinski definition) is 8. The van der Waals surface area contributed by atoms with Crippen molar-refractivity contribution in [3.63, 3.8) is 0 Å². The van der Waals surface area contributed by atoms with E-state index in [2.05, 4.69) is 0 Å². The lowest BCUT2D eigenvalue weighted by Crippen LogP contribution is -2.63. The van der Waals surface area contributed by atoms with E-state index in [1.807, 2.05) is 24.3 Å². The van der Waals surface area contributed by atoms with Gasteiger partial charge in [0.2, 0.25) is 5.78 Å². The van der Waals surface area contributed by atoms with Crippen molar-refractivity contribution < 1.29 is 39.6 Å². The molecule has 5 rings (SSSR count). The fourth-order valence-corrected chi connectivity index (χ4v) is 7.02. The van der Waals surface area contributed by atoms with Gasteiger partial charge in [-0.05, 0) is 55.0 Å². The fourth-order valence-electron chi connectivity index (χ4n) is 7.02. The molecule has 3 aliphatic rings. The maximum atomic E-state index is 14.0. The number of carbonyl (C=O) groups excluding carboxylic acids is 4. The third-order valence-corrected chi connectivity index (χ3v) is 8.62. The topological polar surface area (TPSA) is 149 Å². The monoisotopic (exact) mass is 530 g/mol. The van der Waals surface area contributed by atoms with Crippen molar-refractivity contribution in [2.75, 3.05) is 0 Å². The minimum absolute atomic E-state index is 0.0278. The quantitative estimate of drug-likeness (QED) is 0.429. The Labute approximate surface area is 225 Å². The molecule has 0 bridgehead atoms. The van der Waals surface area contributed by atoms with Crippen LogP contribution in [-0.4, -0.2) is 49.2 Å². The fraction of sp³-hybridized carbons (Fsp3) is 0.355. The Hall–Kier alpha value is -4.04. The Kier molecular flexibility index (Phi) is 5.78. The molecule has 202 valence electrons. The van der Waals surface area contributed by atoms with Crippen LogP contribution in [0.3, 0.4) is 0 Å². The van der Waals surface area contributed by atoms with Crippen LogP contribution in [0.15, 0.2) is 59.1 Å². The van der Waals surface area contributed by atoms with E-state index in [0.717, 1.165) is 18.1 Å². The lowest BCUT2D eigenvalue weighted by Gasteiger charge is -2.56. The second kappa shape index (κ2) is 8.48. The van der Waals surface area contributed by atoms with Gasteiger partial charge in [0.15, 0.2) is 17.2 Å². The Morgan fingerprint density at radius 2 is 1.56 bits per heavy atom. The van der Waals surface area contributed by atoms with E-state index in [0.29, 0.717) is 17.5 Å². The lowest BCUT2D eigenvalue weighted by molar-refractivity contribution is -0.159. The van der Waals surface area contributed by atoms with Gasteiger partial charge in [-0.15, -0.1) is 0 Å². The molecule has 8 nitrogen and oxygen atoms in total. The maximum Gasteiger partial charge on any atom is 0.209 e. The molecule has 0 fully saturated rings. The van der Waals surface area contributed by atoms with E-state index < -0.39 is 50.9 Å². The van der Waals surface area contributed by atoms with E-state index in [1.165, 1.54) is 13.0 Å². The van der Waals surface area contributed by atoms with Crippen LogP contribution in [0.4, 0.5) is 0 Å². The number of ketones is 4. The molecule has 39 heavy (non-hydrogen) atoms. The summed E-state index contributed by atoms with van der Waals surface area (Å²) in [6.45, 7) is 5.90. The maximum absolute atomic E-state index is 14.0. The van der Waals surface area contributed by atoms with E-state index in [-0.39, 0.29) is 41.9 Å². The van der Waals surface area contributed by atoms with Crippen molar-refractivity contribution in [1.29, 1.82) is 0 Å². The number of aliphatic hydroxyl groups is 3. The number of hydrogen-bond donors (Lipinski definition) is 4. The summed E-state index contributed by atoms with van der Waals surface area (Å²) in [6.07, 6.45) is 0.276. The summed E-state index contributed by atoms with van der Waals surface area (Å²) in [6, 6.07) is 10.4. The van der Waals surface area contributed by atoms with E-state index >= 15 is 0 Å². The second-order valence-corrected chi connectivity index (χ2v) is 11.7. The highest BCUT2D eigenvalue weighted by Gasteiger charge is 2.67. The second-order valence-electron chi connectivity index (χ2n) is 11.7. The molecular formula is C31H30O8. The van der Waals surface area contributed by atoms with Crippen LogP contribution >= 0.6 is 0 Å². The summed E-state index contributed by atoms with van der Waals surface area (Å²) < 4.78 is 0. The summed E-state index contributed by atoms with van der Waals surface area (Å²) in [4.78, 5) is 51.1. The zero-order valence-corrected chi connectivity index (χ0v) is 22.2. The number of phenols is 1. The molecule has 0 aromatic heterocycles. The highest BCUT2D eigenvalue weighted by Crippen LogP contribution is 2.62. The van der Waals surface area contributed by atoms with Crippen molar-refractivity contribution >= 4 is 23.1 Å². The standard InChI is InChI=1S/C31H30O8/c1-15(32)11-17-5-7-18(8-6-17)19-9-10-21(34)24-20(19)12-29(3)14-30(4)13-22(35)23(16(2)33)27(37)31(30,39)28(38)25(29)26(24)36/h5-10,34-35,38-39H,11-14H2,1-4H3/t29-,30+,31+/m1/s1. The highest BCUT2D eigenvalue weighted by atomic mass is 16.3. The number of rotatable bonds is 4. The first-order valence-electron chi connectivity index (χ1n) is 12.8. The summed E-state index contributed by atoms with van der Waals surface area (Å²) in [5.41, 5.74) is -3.02. The predicted octanol–water partition coefficient (Wildman–Crippen LogP) is 4.26. The van der Waals surface area contributed by atoms with Gasteiger partial charge in [-0.25, -0.2) is 0 Å². The molecule has 0 spiro atoms. The number of benzene rings is 2. The highest BCUT2D eigenvalue weighted by molar-refractivity contribution is 6.25. The average Bonchev–Trinajstić information content (AvgIpc) is 2.81. The van der Waals surface area contributed by atoms with E-state index in [4.69, 9.17) is 0 Å². The largest absolute Gasteiger partial charge is 0.511 e. The number of fused-ring (bicyclic) bond motifs is 3. The van der Waals surface area contributed by atoms with Gasteiger partial charge in [0.05, 0.1) is 5.56 Å². The Balaban J connectivity index is 1.70. The molecule has 8 heteroatoms. The van der Waals surface area contributed by atoms with Crippen molar-refractivity contribution in [3.8, 4) is 16.9 Å². The van der Waals surface area contributed by atoms with Crippen molar-refractivity contribution in [1.82, 2.24) is 0 Å². The summed E-state index contributed by atoms with van der Waals surface area (Å²) >= 11 is 0. The number of Topliss-reactive ketones (excluding diaryl/α,β-unsaturated/α-hetero) is 4. The van der Waals surface area contributed by atoms with Gasteiger partial charge in [0.25, 0.3) is 0 Å². The minimum atomic E-state index is -2.60. The third kappa shape index (κ3) is 3.61. The third-order valence-electron chi connectivity index (χ3n) is 8.62. The normalized spacial score (nSPS) is 28.1. The smallest absolute Gasteiger partial charge is 0.209 e.